The number of amides is 1. The number of carbonyl (C=O) groups excluding carboxylic acids is 1. The number of fused-ring (bicyclic) bond motifs is 1. The number of nitrogen functional groups attached to an aromatic ring is 1. The van der Waals surface area contributed by atoms with Crippen molar-refractivity contribution in [3.8, 4) is 5.75 Å². The lowest BCUT2D eigenvalue weighted by atomic mass is 10.1. The second-order valence-electron chi connectivity index (χ2n) is 7.25. The number of anilines is 1. The molecule has 0 aliphatic rings. The van der Waals surface area contributed by atoms with Gasteiger partial charge in [0.2, 0.25) is 0 Å². The van der Waals surface area contributed by atoms with Crippen molar-refractivity contribution in [3.63, 3.8) is 0 Å². The highest BCUT2D eigenvalue weighted by Gasteiger charge is 2.17. The van der Waals surface area contributed by atoms with Crippen molar-refractivity contribution in [1.29, 1.82) is 0 Å². The predicted octanol–water partition coefficient (Wildman–Crippen LogP) is 3.57. The molecule has 0 radical (unpaired) electrons. The van der Waals surface area contributed by atoms with E-state index < -0.39 is 5.91 Å². The zero-order valence-electron chi connectivity index (χ0n) is 17.2. The average molecular weight is 413 g/mol. The van der Waals surface area contributed by atoms with E-state index in [1.54, 1.807) is 29.9 Å². The van der Waals surface area contributed by atoms with Gasteiger partial charge in [-0.2, -0.15) is 0 Å². The lowest BCUT2D eigenvalue weighted by molar-refractivity contribution is 0.0949. The molecule has 0 spiro atoms. The molecule has 1 amide bonds. The lowest BCUT2D eigenvalue weighted by Gasteiger charge is -2.15. The molecule has 0 aliphatic carbocycles. The summed E-state index contributed by atoms with van der Waals surface area (Å²) in [4.78, 5) is 26.2. The van der Waals surface area contributed by atoms with Crippen LogP contribution in [0.3, 0.4) is 0 Å². The summed E-state index contributed by atoms with van der Waals surface area (Å²) in [5.74, 6) is 0.307. The van der Waals surface area contributed by atoms with Gasteiger partial charge in [-0.1, -0.05) is 48.5 Å². The van der Waals surface area contributed by atoms with Gasteiger partial charge in [-0.3, -0.25) is 9.59 Å². The number of ether oxygens (including phenoxy) is 1. The SMILES string of the molecule is COc1ccc(Cn2c(=O)c(C(=O)NCc3ccccc3)cc3c(N)cccc32)cc1. The Morgan fingerprint density at radius 2 is 1.71 bits per heavy atom. The number of hydrogen-bond donors (Lipinski definition) is 2. The van der Waals surface area contributed by atoms with Gasteiger partial charge in [0, 0.05) is 17.6 Å². The summed E-state index contributed by atoms with van der Waals surface area (Å²) in [5, 5.41) is 3.50. The van der Waals surface area contributed by atoms with E-state index in [4.69, 9.17) is 10.5 Å². The van der Waals surface area contributed by atoms with Gasteiger partial charge in [0.05, 0.1) is 19.2 Å². The normalized spacial score (nSPS) is 10.7. The maximum absolute atomic E-state index is 13.3. The van der Waals surface area contributed by atoms with E-state index in [0.29, 0.717) is 29.7 Å². The van der Waals surface area contributed by atoms with E-state index in [1.165, 1.54) is 0 Å². The van der Waals surface area contributed by atoms with Crippen LogP contribution >= 0.6 is 0 Å². The van der Waals surface area contributed by atoms with Gasteiger partial charge in [-0.25, -0.2) is 0 Å². The summed E-state index contributed by atoms with van der Waals surface area (Å²) in [6.07, 6.45) is 0. The number of hydrogen-bond acceptors (Lipinski definition) is 4. The first-order valence-corrected chi connectivity index (χ1v) is 9.94. The maximum Gasteiger partial charge on any atom is 0.264 e. The third kappa shape index (κ3) is 4.28. The van der Waals surface area contributed by atoms with Crippen molar-refractivity contribution < 1.29 is 9.53 Å². The summed E-state index contributed by atoms with van der Waals surface area (Å²) in [5.41, 5.74) is 8.94. The number of carbonyl (C=O) groups is 1. The van der Waals surface area contributed by atoms with Crippen molar-refractivity contribution in [3.05, 3.63) is 106 Å². The topological polar surface area (TPSA) is 86.3 Å². The van der Waals surface area contributed by atoms with Crippen molar-refractivity contribution in [2.24, 2.45) is 0 Å². The lowest BCUT2D eigenvalue weighted by Crippen LogP contribution is -2.33. The molecule has 1 aromatic heterocycles. The van der Waals surface area contributed by atoms with Crippen molar-refractivity contribution >= 4 is 22.5 Å². The third-order valence-corrected chi connectivity index (χ3v) is 5.21. The molecule has 3 N–H and O–H groups in total. The number of nitrogens with two attached hydrogens (primary N) is 1. The maximum atomic E-state index is 13.3. The number of aromatic nitrogens is 1. The van der Waals surface area contributed by atoms with E-state index in [-0.39, 0.29) is 11.1 Å². The second kappa shape index (κ2) is 8.75. The summed E-state index contributed by atoms with van der Waals surface area (Å²) < 4.78 is 6.79. The monoisotopic (exact) mass is 413 g/mol. The molecule has 31 heavy (non-hydrogen) atoms. The van der Waals surface area contributed by atoms with Gasteiger partial charge in [0.25, 0.3) is 11.5 Å². The first kappa shape index (κ1) is 20.2. The molecular weight excluding hydrogens is 390 g/mol. The fourth-order valence-corrected chi connectivity index (χ4v) is 3.53. The van der Waals surface area contributed by atoms with Crippen LogP contribution in [0.15, 0.2) is 83.7 Å². The van der Waals surface area contributed by atoms with Crippen molar-refractivity contribution in [2.75, 3.05) is 12.8 Å². The number of pyridine rings is 1. The largest absolute Gasteiger partial charge is 0.497 e. The third-order valence-electron chi connectivity index (χ3n) is 5.21. The number of rotatable bonds is 6. The molecular formula is C25H23N3O3. The average Bonchev–Trinajstić information content (AvgIpc) is 2.80. The van der Waals surface area contributed by atoms with E-state index in [2.05, 4.69) is 5.32 Å². The van der Waals surface area contributed by atoms with Crippen LogP contribution in [0, 0.1) is 0 Å². The Balaban J connectivity index is 1.73. The number of methoxy groups -OCH3 is 1. The molecule has 4 rings (SSSR count). The molecule has 156 valence electrons. The molecule has 0 aliphatic heterocycles. The number of benzene rings is 3. The molecule has 0 unspecified atom stereocenters. The molecule has 0 saturated heterocycles. The zero-order chi connectivity index (χ0) is 21.8. The summed E-state index contributed by atoms with van der Waals surface area (Å²) >= 11 is 0. The minimum Gasteiger partial charge on any atom is -0.497 e. The van der Waals surface area contributed by atoms with Gasteiger partial charge in [-0.05, 0) is 41.5 Å². The van der Waals surface area contributed by atoms with Crippen LogP contribution in [0.4, 0.5) is 5.69 Å². The smallest absolute Gasteiger partial charge is 0.264 e. The quantitative estimate of drug-likeness (QED) is 0.473. The number of nitrogens with one attached hydrogen (secondary N) is 1. The number of nitrogens with zero attached hydrogens (tertiary/aromatic N) is 1. The van der Waals surface area contributed by atoms with Crippen LogP contribution in [-0.2, 0) is 13.1 Å². The highest BCUT2D eigenvalue weighted by atomic mass is 16.5. The fourth-order valence-electron chi connectivity index (χ4n) is 3.53. The summed E-state index contributed by atoms with van der Waals surface area (Å²) in [7, 11) is 1.60. The molecule has 0 fully saturated rings. The molecule has 6 nitrogen and oxygen atoms in total. The predicted molar refractivity (Wildman–Crippen MR) is 122 cm³/mol. The Labute approximate surface area is 179 Å². The Kier molecular flexibility index (Phi) is 5.71. The summed E-state index contributed by atoms with van der Waals surface area (Å²) in [6, 6.07) is 24.0. The van der Waals surface area contributed by atoms with Crippen LogP contribution in [0.2, 0.25) is 0 Å². The van der Waals surface area contributed by atoms with Gasteiger partial charge in [0.15, 0.2) is 0 Å². The molecule has 4 aromatic rings. The van der Waals surface area contributed by atoms with Gasteiger partial charge in [-0.15, -0.1) is 0 Å². The Bertz CT molecular complexity index is 1280. The van der Waals surface area contributed by atoms with Gasteiger partial charge >= 0.3 is 0 Å². The molecule has 0 saturated carbocycles. The highest BCUT2D eigenvalue weighted by molar-refractivity contribution is 6.00. The zero-order valence-corrected chi connectivity index (χ0v) is 17.2. The second-order valence-corrected chi connectivity index (χ2v) is 7.25. The van der Waals surface area contributed by atoms with Crippen molar-refractivity contribution in [1.82, 2.24) is 9.88 Å². The highest BCUT2D eigenvalue weighted by Crippen LogP contribution is 2.22. The summed E-state index contributed by atoms with van der Waals surface area (Å²) in [6.45, 7) is 0.641. The molecule has 1 heterocycles. The molecule has 0 atom stereocenters. The molecule has 6 heteroatoms. The van der Waals surface area contributed by atoms with Gasteiger partial charge in [0.1, 0.15) is 11.3 Å². The minimum atomic E-state index is -0.428. The fraction of sp³-hybridized carbons (Fsp3) is 0.120. The van der Waals surface area contributed by atoms with E-state index in [0.717, 1.165) is 16.9 Å². The van der Waals surface area contributed by atoms with E-state index in [9.17, 15) is 9.59 Å². The minimum absolute atomic E-state index is 0.0647. The standard InChI is InChI=1S/C25H23N3O3/c1-31-19-12-10-18(11-13-19)16-28-23-9-5-8-22(26)20(23)14-21(25(28)30)24(29)27-15-17-6-3-2-4-7-17/h2-14H,15-16,26H2,1H3,(H,27,29). The van der Waals surface area contributed by atoms with Crippen LogP contribution < -0.4 is 21.3 Å². The van der Waals surface area contributed by atoms with Crippen molar-refractivity contribution in [2.45, 2.75) is 13.1 Å². The Hall–Kier alpha value is -4.06. The van der Waals surface area contributed by atoms with Crippen LogP contribution in [-0.4, -0.2) is 17.6 Å². The first-order valence-electron chi connectivity index (χ1n) is 9.94. The first-order chi connectivity index (χ1) is 15.1. The Morgan fingerprint density at radius 3 is 2.42 bits per heavy atom. The van der Waals surface area contributed by atoms with Crippen LogP contribution in [0.25, 0.3) is 10.9 Å². The van der Waals surface area contributed by atoms with E-state index >= 15 is 0 Å². The molecule has 3 aromatic carbocycles. The Morgan fingerprint density at radius 1 is 0.968 bits per heavy atom. The van der Waals surface area contributed by atoms with Gasteiger partial charge < -0.3 is 20.4 Å². The van der Waals surface area contributed by atoms with Crippen LogP contribution in [0.5, 0.6) is 5.75 Å². The van der Waals surface area contributed by atoms with E-state index in [1.807, 2.05) is 60.7 Å². The van der Waals surface area contributed by atoms with Crippen LogP contribution in [0.1, 0.15) is 21.5 Å². The molecule has 0 bridgehead atoms.